The smallest absolute Gasteiger partial charge is 0.339 e. The quantitative estimate of drug-likeness (QED) is 0.611. The van der Waals surface area contributed by atoms with E-state index in [0.717, 1.165) is 42.2 Å². The highest BCUT2D eigenvalue weighted by Gasteiger charge is 2.21. The number of aliphatic carboxylic acids is 1. The van der Waals surface area contributed by atoms with Gasteiger partial charge >= 0.3 is 5.63 Å². The molecule has 7 heteroatoms. The number of nitrogens with one attached hydrogen (secondary N) is 1. The summed E-state index contributed by atoms with van der Waals surface area (Å²) in [6, 6.07) is 10.6. The van der Waals surface area contributed by atoms with E-state index in [4.69, 9.17) is 9.15 Å². The Hall–Kier alpha value is -3.61. The van der Waals surface area contributed by atoms with Gasteiger partial charge in [-0.1, -0.05) is 30.3 Å². The zero-order valence-corrected chi connectivity index (χ0v) is 17.1. The van der Waals surface area contributed by atoms with Crippen LogP contribution in [-0.2, 0) is 22.4 Å². The predicted octanol–water partition coefficient (Wildman–Crippen LogP) is 1.97. The number of hydrogen-bond donors (Lipinski definition) is 1. The molecule has 160 valence electrons. The van der Waals surface area contributed by atoms with Crippen LogP contribution in [0.1, 0.15) is 41.1 Å². The van der Waals surface area contributed by atoms with Crippen LogP contribution in [0.15, 0.2) is 51.7 Å². The Bertz CT molecular complexity index is 1200. The molecule has 1 aromatic heterocycles. The number of ether oxygens (including phenoxy) is 1. The molecule has 0 aliphatic heterocycles. The first kappa shape index (κ1) is 20.7. The topological polar surface area (TPSA) is 109 Å². The molecule has 0 bridgehead atoms. The van der Waals surface area contributed by atoms with E-state index in [9.17, 15) is 19.5 Å². The predicted molar refractivity (Wildman–Crippen MR) is 112 cm³/mol. The summed E-state index contributed by atoms with van der Waals surface area (Å²) in [7, 11) is 0. The lowest BCUT2D eigenvalue weighted by atomic mass is 9.90. The Kier molecular flexibility index (Phi) is 5.75. The van der Waals surface area contributed by atoms with Crippen LogP contribution in [0.5, 0.6) is 5.75 Å². The van der Waals surface area contributed by atoms with Gasteiger partial charge in [0, 0.05) is 16.5 Å². The molecule has 1 N–H and O–H groups in total. The van der Waals surface area contributed by atoms with E-state index in [2.05, 4.69) is 5.32 Å². The molecule has 0 saturated heterocycles. The minimum absolute atomic E-state index is 0.320. The number of rotatable bonds is 6. The lowest BCUT2D eigenvalue weighted by molar-refractivity contribution is -0.308. The molecule has 7 nitrogen and oxygen atoms in total. The molecular formula is C24H22NO6-. The van der Waals surface area contributed by atoms with Gasteiger partial charge in [-0.25, -0.2) is 4.79 Å². The lowest BCUT2D eigenvalue weighted by Crippen LogP contribution is -2.43. The first-order valence-electron chi connectivity index (χ1n) is 10.2. The molecule has 0 unspecified atom stereocenters. The Balaban J connectivity index is 1.52. The minimum Gasteiger partial charge on any atom is -0.548 e. The molecular weight excluding hydrogens is 398 g/mol. The highest BCUT2D eigenvalue weighted by Crippen LogP contribution is 2.32. The molecule has 0 radical (unpaired) electrons. The summed E-state index contributed by atoms with van der Waals surface area (Å²) in [4.78, 5) is 36.2. The third-order valence-electron chi connectivity index (χ3n) is 5.62. The highest BCUT2D eigenvalue weighted by molar-refractivity contribution is 5.87. The van der Waals surface area contributed by atoms with Crippen molar-refractivity contribution in [2.75, 3.05) is 6.61 Å². The monoisotopic (exact) mass is 420 g/mol. The van der Waals surface area contributed by atoms with Gasteiger partial charge in [0.1, 0.15) is 11.3 Å². The fraction of sp³-hybridized carbons (Fsp3) is 0.292. The van der Waals surface area contributed by atoms with Crippen molar-refractivity contribution >= 4 is 22.8 Å². The maximum Gasteiger partial charge on any atom is 0.339 e. The minimum atomic E-state index is -1.41. The van der Waals surface area contributed by atoms with Gasteiger partial charge in [-0.3, -0.25) is 4.79 Å². The van der Waals surface area contributed by atoms with Gasteiger partial charge in [-0.2, -0.15) is 0 Å². The van der Waals surface area contributed by atoms with Crippen LogP contribution in [0, 0.1) is 6.92 Å². The van der Waals surface area contributed by atoms with Crippen LogP contribution in [0.2, 0.25) is 0 Å². The SMILES string of the molecule is Cc1c(OCC(=O)N[C@H](C(=O)[O-])c2ccccc2)ccc2c3c(c(=O)oc12)CCCC3. The van der Waals surface area contributed by atoms with Crippen LogP contribution in [0.25, 0.3) is 11.0 Å². The largest absolute Gasteiger partial charge is 0.548 e. The summed E-state index contributed by atoms with van der Waals surface area (Å²) < 4.78 is 11.2. The third kappa shape index (κ3) is 4.17. The first-order valence-corrected chi connectivity index (χ1v) is 10.2. The number of carboxylic acid groups (broad SMARTS) is 1. The molecule has 3 aromatic rings. The second-order valence-corrected chi connectivity index (χ2v) is 7.64. The van der Waals surface area contributed by atoms with Crippen molar-refractivity contribution in [3.63, 3.8) is 0 Å². The van der Waals surface area contributed by atoms with Crippen LogP contribution in [0.4, 0.5) is 0 Å². The van der Waals surface area contributed by atoms with Crippen molar-refractivity contribution < 1.29 is 23.8 Å². The van der Waals surface area contributed by atoms with E-state index in [1.165, 1.54) is 0 Å². The van der Waals surface area contributed by atoms with Crippen LogP contribution in [0.3, 0.4) is 0 Å². The molecule has 0 saturated carbocycles. The molecule has 1 amide bonds. The summed E-state index contributed by atoms with van der Waals surface area (Å²) in [6.07, 6.45) is 3.58. The fourth-order valence-corrected chi connectivity index (χ4v) is 4.05. The number of carboxylic acids is 1. The van der Waals surface area contributed by atoms with E-state index >= 15 is 0 Å². The average Bonchev–Trinajstić information content (AvgIpc) is 2.78. The van der Waals surface area contributed by atoms with E-state index < -0.39 is 24.5 Å². The van der Waals surface area contributed by atoms with Gasteiger partial charge in [0.25, 0.3) is 5.91 Å². The maximum atomic E-state index is 12.4. The lowest BCUT2D eigenvalue weighted by Gasteiger charge is -2.20. The van der Waals surface area contributed by atoms with E-state index in [1.54, 1.807) is 43.3 Å². The summed E-state index contributed by atoms with van der Waals surface area (Å²) >= 11 is 0. The maximum absolute atomic E-state index is 12.4. The summed E-state index contributed by atoms with van der Waals surface area (Å²) in [5.41, 5.74) is 2.95. The summed E-state index contributed by atoms with van der Waals surface area (Å²) in [5.74, 6) is -1.62. The van der Waals surface area contributed by atoms with Gasteiger partial charge in [0.05, 0.1) is 12.0 Å². The Morgan fingerprint density at radius 3 is 2.52 bits per heavy atom. The zero-order valence-electron chi connectivity index (χ0n) is 17.1. The number of amides is 1. The summed E-state index contributed by atoms with van der Waals surface area (Å²) in [6.45, 7) is 1.37. The molecule has 31 heavy (non-hydrogen) atoms. The van der Waals surface area contributed by atoms with Gasteiger partial charge < -0.3 is 24.4 Å². The van der Waals surface area contributed by atoms with Gasteiger partial charge in [0.2, 0.25) is 0 Å². The molecule has 4 rings (SSSR count). The third-order valence-corrected chi connectivity index (χ3v) is 5.62. The molecule has 0 fully saturated rings. The van der Waals surface area contributed by atoms with Crippen molar-refractivity contribution in [3.05, 3.63) is 75.1 Å². The number of fused-ring (bicyclic) bond motifs is 3. The molecule has 1 aliphatic rings. The molecule has 0 spiro atoms. The van der Waals surface area contributed by atoms with Crippen molar-refractivity contribution in [2.45, 2.75) is 38.6 Å². The highest BCUT2D eigenvalue weighted by atomic mass is 16.5. The number of hydrogen-bond acceptors (Lipinski definition) is 6. The second-order valence-electron chi connectivity index (χ2n) is 7.64. The van der Waals surface area contributed by atoms with Crippen LogP contribution < -0.4 is 20.8 Å². The normalized spacial score (nSPS) is 14.0. The molecule has 1 aliphatic carbocycles. The van der Waals surface area contributed by atoms with Crippen molar-refractivity contribution in [2.24, 2.45) is 0 Å². The van der Waals surface area contributed by atoms with Crippen molar-refractivity contribution in [3.8, 4) is 5.75 Å². The fourth-order valence-electron chi connectivity index (χ4n) is 4.05. The Morgan fingerprint density at radius 1 is 1.10 bits per heavy atom. The Morgan fingerprint density at radius 2 is 1.81 bits per heavy atom. The molecule has 2 aromatic carbocycles. The number of aryl methyl sites for hydroxylation is 2. The average molecular weight is 420 g/mol. The number of carbonyl (C=O) groups is 2. The second kappa shape index (κ2) is 8.63. The van der Waals surface area contributed by atoms with Gasteiger partial charge in [-0.05, 0) is 55.9 Å². The number of benzene rings is 2. The Labute approximate surface area is 178 Å². The van der Waals surface area contributed by atoms with Gasteiger partial charge in [0.15, 0.2) is 6.61 Å². The molecule has 1 heterocycles. The van der Waals surface area contributed by atoms with E-state index in [-0.39, 0.29) is 5.63 Å². The first-order chi connectivity index (χ1) is 15.0. The number of carbonyl (C=O) groups excluding carboxylic acids is 2. The van der Waals surface area contributed by atoms with Crippen LogP contribution in [-0.4, -0.2) is 18.5 Å². The van der Waals surface area contributed by atoms with Crippen molar-refractivity contribution in [1.82, 2.24) is 5.32 Å². The molecule has 1 atom stereocenters. The van der Waals surface area contributed by atoms with Gasteiger partial charge in [-0.15, -0.1) is 0 Å². The summed E-state index contributed by atoms with van der Waals surface area (Å²) in [5, 5.41) is 14.8. The van der Waals surface area contributed by atoms with E-state index in [1.807, 2.05) is 6.07 Å². The standard InChI is InChI=1S/C24H23NO6/c1-14-19(12-11-17-16-9-5-6-10-18(16)24(29)31-22(14)17)30-13-20(26)25-21(23(27)28)15-7-3-2-4-8-15/h2-4,7-8,11-12,21H,5-6,9-10,13H2,1H3,(H,25,26)(H,27,28)/p-1/t21-/m0/s1. The van der Waals surface area contributed by atoms with Crippen molar-refractivity contribution in [1.29, 1.82) is 0 Å². The zero-order chi connectivity index (χ0) is 22.0. The van der Waals surface area contributed by atoms with E-state index in [0.29, 0.717) is 22.5 Å². The van der Waals surface area contributed by atoms with Crippen LogP contribution >= 0.6 is 0 Å².